The van der Waals surface area contributed by atoms with Crippen molar-refractivity contribution in [1.29, 1.82) is 0 Å². The summed E-state index contributed by atoms with van der Waals surface area (Å²) < 4.78 is 47.3. The zero-order chi connectivity index (χ0) is 13.4. The molecule has 0 radical (unpaired) electrons. The summed E-state index contributed by atoms with van der Waals surface area (Å²) in [5.41, 5.74) is -2.60. The molecule has 0 amide bonds. The fourth-order valence-electron chi connectivity index (χ4n) is 1.22. The van der Waals surface area contributed by atoms with Crippen LogP contribution in [0, 0.1) is 17.0 Å². The molecule has 0 saturated heterocycles. The second-order valence-electron chi connectivity index (χ2n) is 2.97. The number of hydrogen-bond acceptors (Lipinski definition) is 5. The van der Waals surface area contributed by atoms with Crippen molar-refractivity contribution in [3.05, 3.63) is 27.6 Å². The van der Waals surface area contributed by atoms with Crippen LogP contribution in [0.4, 0.5) is 14.5 Å². The Balaban J connectivity index is 3.78. The number of aryl methyl sites for hydroxylation is 1. The molecule has 0 spiro atoms. The smallest absolute Gasteiger partial charge is 0.259 e. The lowest BCUT2D eigenvalue weighted by Gasteiger charge is -2.07. The number of hydrogen-bond donors (Lipinski definition) is 0. The second kappa shape index (κ2) is 4.49. The molecule has 17 heavy (non-hydrogen) atoms. The standard InChI is InChI=1S/C7H5ClF2N2O4S/c1-3-5(7(9)10)6(12(13)14)4(2-11-3)17(8,15)16/h2,7H,1H3. The van der Waals surface area contributed by atoms with E-state index in [1.54, 1.807) is 0 Å². The molecule has 1 aromatic rings. The van der Waals surface area contributed by atoms with E-state index < -0.39 is 36.5 Å². The molecule has 0 N–H and O–H groups in total. The van der Waals surface area contributed by atoms with Crippen LogP contribution in [0.25, 0.3) is 0 Å². The molecule has 6 nitrogen and oxygen atoms in total. The van der Waals surface area contributed by atoms with Gasteiger partial charge in [-0.25, -0.2) is 17.2 Å². The largest absolute Gasteiger partial charge is 0.301 e. The summed E-state index contributed by atoms with van der Waals surface area (Å²) >= 11 is 0. The first-order valence-electron chi connectivity index (χ1n) is 4.03. The fraction of sp³-hybridized carbons (Fsp3) is 0.286. The second-order valence-corrected chi connectivity index (χ2v) is 5.50. The highest BCUT2D eigenvalue weighted by molar-refractivity contribution is 8.13. The molecule has 0 saturated carbocycles. The molecule has 0 aliphatic carbocycles. The van der Waals surface area contributed by atoms with E-state index in [1.165, 1.54) is 0 Å². The van der Waals surface area contributed by atoms with Crippen molar-refractivity contribution in [2.24, 2.45) is 0 Å². The number of pyridine rings is 1. The maximum atomic E-state index is 12.6. The SMILES string of the molecule is Cc1ncc(S(=O)(=O)Cl)c([N+](=O)[O-])c1C(F)F. The quantitative estimate of drug-likeness (QED) is 0.482. The zero-order valence-electron chi connectivity index (χ0n) is 8.22. The molecule has 1 aromatic heterocycles. The summed E-state index contributed by atoms with van der Waals surface area (Å²) in [6.07, 6.45) is -2.64. The van der Waals surface area contributed by atoms with E-state index in [9.17, 15) is 27.3 Å². The van der Waals surface area contributed by atoms with Gasteiger partial charge in [0.15, 0.2) is 4.90 Å². The lowest BCUT2D eigenvalue weighted by Crippen LogP contribution is -2.07. The van der Waals surface area contributed by atoms with Crippen LogP contribution in [0.2, 0.25) is 0 Å². The van der Waals surface area contributed by atoms with Gasteiger partial charge in [0.1, 0.15) is 5.56 Å². The predicted octanol–water partition coefficient (Wildman–Crippen LogP) is 2.16. The van der Waals surface area contributed by atoms with Crippen LogP contribution in [0.5, 0.6) is 0 Å². The van der Waals surface area contributed by atoms with Gasteiger partial charge in [-0.2, -0.15) is 0 Å². The topological polar surface area (TPSA) is 90.2 Å². The van der Waals surface area contributed by atoms with Gasteiger partial charge in [-0.05, 0) is 6.92 Å². The Morgan fingerprint density at radius 2 is 2.06 bits per heavy atom. The molecule has 10 heteroatoms. The van der Waals surface area contributed by atoms with Crippen molar-refractivity contribution < 1.29 is 22.1 Å². The molecule has 94 valence electrons. The number of alkyl halides is 2. The first-order valence-corrected chi connectivity index (χ1v) is 6.34. The summed E-state index contributed by atoms with van der Waals surface area (Å²) in [5.74, 6) is 0. The average Bonchev–Trinajstić information content (AvgIpc) is 2.14. The maximum Gasteiger partial charge on any atom is 0.301 e. The molecule has 0 aliphatic rings. The molecular weight excluding hydrogens is 282 g/mol. The zero-order valence-corrected chi connectivity index (χ0v) is 9.80. The fourth-order valence-corrected chi connectivity index (χ4v) is 2.15. The lowest BCUT2D eigenvalue weighted by molar-refractivity contribution is -0.389. The van der Waals surface area contributed by atoms with Gasteiger partial charge in [-0.15, -0.1) is 0 Å². The Kier molecular flexibility index (Phi) is 3.62. The van der Waals surface area contributed by atoms with Crippen molar-refractivity contribution in [2.45, 2.75) is 18.2 Å². The van der Waals surface area contributed by atoms with Gasteiger partial charge in [0, 0.05) is 10.7 Å². The molecule has 0 unspecified atom stereocenters. The van der Waals surface area contributed by atoms with E-state index in [4.69, 9.17) is 10.7 Å². The van der Waals surface area contributed by atoms with Crippen LogP contribution in [0.3, 0.4) is 0 Å². The van der Waals surface area contributed by atoms with Crippen molar-refractivity contribution in [3.8, 4) is 0 Å². The van der Waals surface area contributed by atoms with E-state index in [0.29, 0.717) is 6.20 Å². The molecule has 0 atom stereocenters. The predicted molar refractivity (Wildman–Crippen MR) is 53.6 cm³/mol. The van der Waals surface area contributed by atoms with Gasteiger partial charge in [0.25, 0.3) is 15.5 Å². The molecule has 0 fully saturated rings. The van der Waals surface area contributed by atoms with Crippen LogP contribution in [0.1, 0.15) is 17.7 Å². The Labute approximate surface area is 98.8 Å². The van der Waals surface area contributed by atoms with E-state index in [-0.39, 0.29) is 5.69 Å². The lowest BCUT2D eigenvalue weighted by atomic mass is 10.2. The van der Waals surface area contributed by atoms with Crippen molar-refractivity contribution >= 4 is 25.4 Å². The van der Waals surface area contributed by atoms with Crippen LogP contribution in [-0.4, -0.2) is 18.3 Å². The molecule has 1 rings (SSSR count). The molecular formula is C7H5ClF2N2O4S. The molecule has 1 heterocycles. The summed E-state index contributed by atoms with van der Waals surface area (Å²) in [5, 5.41) is 10.7. The summed E-state index contributed by atoms with van der Waals surface area (Å²) in [7, 11) is 0.403. The van der Waals surface area contributed by atoms with E-state index in [2.05, 4.69) is 4.98 Å². The number of nitro groups is 1. The highest BCUT2D eigenvalue weighted by atomic mass is 35.7. The third-order valence-electron chi connectivity index (χ3n) is 1.92. The summed E-state index contributed by atoms with van der Waals surface area (Å²) in [6.45, 7) is 1.11. The van der Waals surface area contributed by atoms with Crippen LogP contribution in [-0.2, 0) is 9.05 Å². The average molecular weight is 287 g/mol. The minimum Gasteiger partial charge on any atom is -0.259 e. The number of halogens is 3. The van der Waals surface area contributed by atoms with Gasteiger partial charge >= 0.3 is 5.69 Å². The Bertz CT molecular complexity index is 575. The normalized spacial score (nSPS) is 11.8. The van der Waals surface area contributed by atoms with Crippen LogP contribution >= 0.6 is 10.7 Å². The van der Waals surface area contributed by atoms with Crippen LogP contribution in [0.15, 0.2) is 11.1 Å². The minimum absolute atomic E-state index is 0.323. The van der Waals surface area contributed by atoms with E-state index in [0.717, 1.165) is 6.92 Å². The van der Waals surface area contributed by atoms with Gasteiger partial charge in [-0.3, -0.25) is 15.1 Å². The molecule has 0 aliphatic heterocycles. The molecule has 0 aromatic carbocycles. The molecule has 0 bridgehead atoms. The first kappa shape index (κ1) is 13.7. The highest BCUT2D eigenvalue weighted by Gasteiger charge is 2.33. The Morgan fingerprint density at radius 3 is 2.41 bits per heavy atom. The first-order chi connectivity index (χ1) is 7.66. The monoisotopic (exact) mass is 286 g/mol. The summed E-state index contributed by atoms with van der Waals surface area (Å²) in [4.78, 5) is 11.8. The Morgan fingerprint density at radius 1 is 1.53 bits per heavy atom. The van der Waals surface area contributed by atoms with Gasteiger partial charge in [-0.1, -0.05) is 0 Å². The third-order valence-corrected chi connectivity index (χ3v) is 3.24. The highest BCUT2D eigenvalue weighted by Crippen LogP contribution is 2.36. The Hall–Kier alpha value is -1.35. The maximum absolute atomic E-state index is 12.6. The van der Waals surface area contributed by atoms with Gasteiger partial charge in [0.2, 0.25) is 0 Å². The minimum atomic E-state index is -4.52. The van der Waals surface area contributed by atoms with Crippen LogP contribution < -0.4 is 0 Å². The summed E-state index contributed by atoms with van der Waals surface area (Å²) in [6, 6.07) is 0. The van der Waals surface area contributed by atoms with Gasteiger partial charge in [0.05, 0.1) is 16.8 Å². The number of rotatable bonds is 3. The van der Waals surface area contributed by atoms with Gasteiger partial charge < -0.3 is 0 Å². The third kappa shape index (κ3) is 2.67. The van der Waals surface area contributed by atoms with Crippen molar-refractivity contribution in [3.63, 3.8) is 0 Å². The number of nitrogens with zero attached hydrogens (tertiary/aromatic N) is 2. The van der Waals surface area contributed by atoms with E-state index >= 15 is 0 Å². The van der Waals surface area contributed by atoms with Crippen molar-refractivity contribution in [1.82, 2.24) is 4.98 Å². The number of aromatic nitrogens is 1. The van der Waals surface area contributed by atoms with E-state index in [1.807, 2.05) is 0 Å². The van der Waals surface area contributed by atoms with Crippen molar-refractivity contribution in [2.75, 3.05) is 0 Å².